The normalized spacial score (nSPS) is 16.6. The van der Waals surface area contributed by atoms with Crippen LogP contribution in [0.25, 0.3) is 0 Å². The SMILES string of the molecule is O=C(NCCn1ccnn1)N1CCCCCC1. The van der Waals surface area contributed by atoms with E-state index in [1.54, 1.807) is 17.1 Å². The van der Waals surface area contributed by atoms with Crippen LogP contribution in [-0.4, -0.2) is 45.6 Å². The van der Waals surface area contributed by atoms with E-state index in [1.807, 2.05) is 4.90 Å². The zero-order valence-electron chi connectivity index (χ0n) is 10.0. The number of amides is 2. The molecule has 2 rings (SSSR count). The maximum Gasteiger partial charge on any atom is 0.317 e. The average Bonchev–Trinajstić information content (AvgIpc) is 2.69. The van der Waals surface area contributed by atoms with Crippen molar-refractivity contribution in [2.45, 2.75) is 32.2 Å². The summed E-state index contributed by atoms with van der Waals surface area (Å²) in [6.45, 7) is 3.03. The lowest BCUT2D eigenvalue weighted by atomic mass is 10.2. The van der Waals surface area contributed by atoms with Gasteiger partial charge in [-0.1, -0.05) is 18.1 Å². The molecule has 2 heterocycles. The van der Waals surface area contributed by atoms with Gasteiger partial charge in [0.2, 0.25) is 0 Å². The molecule has 0 radical (unpaired) electrons. The van der Waals surface area contributed by atoms with E-state index < -0.39 is 0 Å². The van der Waals surface area contributed by atoms with E-state index >= 15 is 0 Å². The Morgan fingerprint density at radius 1 is 1.24 bits per heavy atom. The summed E-state index contributed by atoms with van der Waals surface area (Å²) in [4.78, 5) is 13.8. The Kier molecular flexibility index (Phi) is 4.35. The maximum atomic E-state index is 11.8. The lowest BCUT2D eigenvalue weighted by Crippen LogP contribution is -2.41. The molecule has 1 fully saturated rings. The smallest absolute Gasteiger partial charge is 0.317 e. The molecule has 94 valence electrons. The number of likely N-dealkylation sites (tertiary alicyclic amines) is 1. The van der Waals surface area contributed by atoms with E-state index in [4.69, 9.17) is 0 Å². The summed E-state index contributed by atoms with van der Waals surface area (Å²) < 4.78 is 1.71. The highest BCUT2D eigenvalue weighted by Gasteiger charge is 2.14. The second-order valence-corrected chi connectivity index (χ2v) is 4.30. The summed E-state index contributed by atoms with van der Waals surface area (Å²) in [7, 11) is 0. The molecule has 0 spiro atoms. The Bertz CT molecular complexity index is 330. The van der Waals surface area contributed by atoms with Crippen molar-refractivity contribution >= 4 is 6.03 Å². The van der Waals surface area contributed by atoms with Crippen LogP contribution < -0.4 is 5.32 Å². The first-order chi connectivity index (χ1) is 8.36. The van der Waals surface area contributed by atoms with Gasteiger partial charge in [-0.2, -0.15) is 0 Å². The monoisotopic (exact) mass is 237 g/mol. The van der Waals surface area contributed by atoms with Crippen LogP contribution in [0.1, 0.15) is 25.7 Å². The Hall–Kier alpha value is -1.59. The zero-order valence-corrected chi connectivity index (χ0v) is 10.0. The van der Waals surface area contributed by atoms with Gasteiger partial charge in [-0.3, -0.25) is 4.68 Å². The van der Waals surface area contributed by atoms with Gasteiger partial charge in [-0.05, 0) is 12.8 Å². The number of carbonyl (C=O) groups excluding carboxylic acids is 1. The van der Waals surface area contributed by atoms with E-state index in [1.165, 1.54) is 12.8 Å². The van der Waals surface area contributed by atoms with Crippen LogP contribution in [0.5, 0.6) is 0 Å². The third-order valence-corrected chi connectivity index (χ3v) is 2.98. The lowest BCUT2D eigenvalue weighted by Gasteiger charge is -2.20. The second-order valence-electron chi connectivity index (χ2n) is 4.30. The van der Waals surface area contributed by atoms with Crippen LogP contribution in [0.3, 0.4) is 0 Å². The molecule has 1 aliphatic heterocycles. The van der Waals surface area contributed by atoms with Gasteiger partial charge in [0.15, 0.2) is 0 Å². The van der Waals surface area contributed by atoms with Gasteiger partial charge in [-0.25, -0.2) is 4.79 Å². The van der Waals surface area contributed by atoms with E-state index in [0.29, 0.717) is 13.1 Å². The lowest BCUT2D eigenvalue weighted by molar-refractivity contribution is 0.199. The molecule has 6 nitrogen and oxygen atoms in total. The van der Waals surface area contributed by atoms with E-state index in [-0.39, 0.29) is 6.03 Å². The molecule has 0 aromatic carbocycles. The van der Waals surface area contributed by atoms with Gasteiger partial charge in [0.1, 0.15) is 0 Å². The molecule has 0 atom stereocenters. The third-order valence-electron chi connectivity index (χ3n) is 2.98. The topological polar surface area (TPSA) is 63.1 Å². The molecule has 0 aliphatic carbocycles. The summed E-state index contributed by atoms with van der Waals surface area (Å²) in [6, 6.07) is 0.0482. The highest BCUT2D eigenvalue weighted by atomic mass is 16.2. The standard InChI is InChI=1S/C11H19N5O/c17-11(15-7-3-1-2-4-8-15)12-5-9-16-10-6-13-14-16/h6,10H,1-5,7-9H2,(H,12,17). The van der Waals surface area contributed by atoms with Crippen molar-refractivity contribution in [2.75, 3.05) is 19.6 Å². The highest BCUT2D eigenvalue weighted by Crippen LogP contribution is 2.09. The molecule has 1 aromatic heterocycles. The van der Waals surface area contributed by atoms with Crippen LogP contribution >= 0.6 is 0 Å². The number of urea groups is 1. The van der Waals surface area contributed by atoms with Crippen LogP contribution in [0.2, 0.25) is 0 Å². The van der Waals surface area contributed by atoms with E-state index in [9.17, 15) is 4.79 Å². The van der Waals surface area contributed by atoms with E-state index in [0.717, 1.165) is 25.9 Å². The van der Waals surface area contributed by atoms with Crippen molar-refractivity contribution in [2.24, 2.45) is 0 Å². The summed E-state index contributed by atoms with van der Waals surface area (Å²) in [5, 5.41) is 10.5. The molecular formula is C11H19N5O. The first kappa shape index (κ1) is 11.9. The molecule has 1 aliphatic rings. The van der Waals surface area contributed by atoms with Gasteiger partial charge in [-0.15, -0.1) is 5.10 Å². The minimum absolute atomic E-state index is 0.0482. The number of rotatable bonds is 3. The van der Waals surface area contributed by atoms with Gasteiger partial charge in [0, 0.05) is 25.8 Å². The fourth-order valence-electron chi connectivity index (χ4n) is 2.01. The van der Waals surface area contributed by atoms with Gasteiger partial charge >= 0.3 is 6.03 Å². The van der Waals surface area contributed by atoms with Crippen LogP contribution in [-0.2, 0) is 6.54 Å². The Morgan fingerprint density at radius 2 is 2.00 bits per heavy atom. The Morgan fingerprint density at radius 3 is 2.65 bits per heavy atom. The van der Waals surface area contributed by atoms with Crippen LogP contribution in [0, 0.1) is 0 Å². The van der Waals surface area contributed by atoms with Crippen molar-refractivity contribution < 1.29 is 4.79 Å². The molecule has 1 aromatic rings. The predicted octanol–water partition coefficient (Wildman–Crippen LogP) is 0.864. The molecular weight excluding hydrogens is 218 g/mol. The maximum absolute atomic E-state index is 11.8. The van der Waals surface area contributed by atoms with Crippen molar-refractivity contribution in [3.63, 3.8) is 0 Å². The van der Waals surface area contributed by atoms with Crippen molar-refractivity contribution in [1.29, 1.82) is 0 Å². The predicted molar refractivity (Wildman–Crippen MR) is 63.5 cm³/mol. The van der Waals surface area contributed by atoms with Crippen molar-refractivity contribution in [1.82, 2.24) is 25.2 Å². The average molecular weight is 237 g/mol. The molecule has 0 saturated carbocycles. The second kappa shape index (κ2) is 6.22. The third kappa shape index (κ3) is 3.72. The first-order valence-electron chi connectivity index (χ1n) is 6.23. The van der Waals surface area contributed by atoms with Crippen molar-refractivity contribution in [3.05, 3.63) is 12.4 Å². The van der Waals surface area contributed by atoms with Gasteiger partial charge < -0.3 is 10.2 Å². The van der Waals surface area contributed by atoms with Crippen molar-refractivity contribution in [3.8, 4) is 0 Å². The highest BCUT2D eigenvalue weighted by molar-refractivity contribution is 5.74. The van der Waals surface area contributed by atoms with Crippen LogP contribution in [0.15, 0.2) is 12.4 Å². The molecule has 0 bridgehead atoms. The Balaban J connectivity index is 1.69. The van der Waals surface area contributed by atoms with Gasteiger partial charge in [0.05, 0.1) is 12.7 Å². The first-order valence-corrected chi connectivity index (χ1v) is 6.23. The minimum atomic E-state index is 0.0482. The number of carbonyl (C=O) groups is 1. The quantitative estimate of drug-likeness (QED) is 0.848. The molecule has 2 amide bonds. The molecule has 6 heteroatoms. The fraction of sp³-hybridized carbons (Fsp3) is 0.727. The number of hydrogen-bond acceptors (Lipinski definition) is 3. The van der Waals surface area contributed by atoms with E-state index in [2.05, 4.69) is 15.6 Å². The Labute approximate surface area is 101 Å². The summed E-state index contributed by atoms with van der Waals surface area (Å²) >= 11 is 0. The summed E-state index contributed by atoms with van der Waals surface area (Å²) in [5.41, 5.74) is 0. The molecule has 17 heavy (non-hydrogen) atoms. The molecule has 1 saturated heterocycles. The van der Waals surface area contributed by atoms with Crippen LogP contribution in [0.4, 0.5) is 4.79 Å². The summed E-state index contributed by atoms with van der Waals surface area (Å²) in [6.07, 6.45) is 8.15. The molecule has 0 unspecified atom stereocenters. The summed E-state index contributed by atoms with van der Waals surface area (Å²) in [5.74, 6) is 0. The number of aromatic nitrogens is 3. The van der Waals surface area contributed by atoms with Gasteiger partial charge in [0.25, 0.3) is 0 Å². The fourth-order valence-corrected chi connectivity index (χ4v) is 2.01. The zero-order chi connectivity index (χ0) is 11.9. The number of nitrogens with zero attached hydrogens (tertiary/aromatic N) is 4. The number of hydrogen-bond donors (Lipinski definition) is 1. The molecule has 1 N–H and O–H groups in total. The number of nitrogens with one attached hydrogen (secondary N) is 1. The minimum Gasteiger partial charge on any atom is -0.336 e. The largest absolute Gasteiger partial charge is 0.336 e.